The van der Waals surface area contributed by atoms with Crippen LogP contribution in [0.2, 0.25) is 0 Å². The van der Waals surface area contributed by atoms with Gasteiger partial charge in [0.15, 0.2) is 5.82 Å². The van der Waals surface area contributed by atoms with Gasteiger partial charge in [0, 0.05) is 40.7 Å². The minimum Gasteiger partial charge on any atom is -0.475 e. The summed E-state index contributed by atoms with van der Waals surface area (Å²) in [5, 5.41) is 24.4. The molecule has 0 saturated carbocycles. The molecule has 4 heterocycles. The number of carboxylic acid groups (broad SMARTS) is 1. The van der Waals surface area contributed by atoms with Gasteiger partial charge in [-0.1, -0.05) is 5.21 Å². The normalized spacial score (nSPS) is 20.8. The number of carbonyl (C=O) groups is 1. The highest BCUT2D eigenvalue weighted by Gasteiger charge is 2.43. The lowest BCUT2D eigenvalue weighted by Crippen LogP contribution is -2.60. The molecule has 0 radical (unpaired) electrons. The molecule has 0 aliphatic carbocycles. The molecule has 0 bridgehead atoms. The third kappa shape index (κ3) is 6.33. The third-order valence-corrected chi connectivity index (χ3v) is 9.33. The first-order valence-electron chi connectivity index (χ1n) is 12.1. The Bertz CT molecular complexity index is 1570. The van der Waals surface area contributed by atoms with Gasteiger partial charge in [0.2, 0.25) is 5.96 Å². The second-order valence-electron chi connectivity index (χ2n) is 9.40. The van der Waals surface area contributed by atoms with Crippen LogP contribution in [0.15, 0.2) is 47.7 Å². The van der Waals surface area contributed by atoms with Crippen molar-refractivity contribution in [1.82, 2.24) is 29.0 Å². The zero-order valence-electron chi connectivity index (χ0n) is 21.5. The van der Waals surface area contributed by atoms with Gasteiger partial charge in [0.25, 0.3) is 0 Å². The highest BCUT2D eigenvalue weighted by atomic mass is 32.3. The van der Waals surface area contributed by atoms with Crippen molar-refractivity contribution in [1.29, 1.82) is 5.26 Å². The number of carboxylic acids is 1. The van der Waals surface area contributed by atoms with E-state index in [2.05, 4.69) is 25.0 Å². The van der Waals surface area contributed by atoms with E-state index >= 15 is 4.39 Å². The van der Waals surface area contributed by atoms with E-state index in [1.54, 1.807) is 41.7 Å². The fourth-order valence-electron chi connectivity index (χ4n) is 4.41. The fourth-order valence-corrected chi connectivity index (χ4v) is 7.29. The minimum absolute atomic E-state index is 0.128. The zero-order valence-corrected chi connectivity index (χ0v) is 22.4. The summed E-state index contributed by atoms with van der Waals surface area (Å²) in [5.74, 6) is -2.43. The van der Waals surface area contributed by atoms with Gasteiger partial charge in [0.1, 0.15) is 23.1 Å². The van der Waals surface area contributed by atoms with Crippen LogP contribution in [0, 0.1) is 17.1 Å². The predicted octanol–water partition coefficient (Wildman–Crippen LogP) is 2.05. The Morgan fingerprint density at radius 1 is 1.27 bits per heavy atom. The van der Waals surface area contributed by atoms with Gasteiger partial charge < -0.3 is 10.8 Å². The number of alkyl halides is 3. The monoisotopic (exact) mass is 595 g/mol. The number of benzene rings is 1. The van der Waals surface area contributed by atoms with Crippen LogP contribution >= 0.6 is 0 Å². The largest absolute Gasteiger partial charge is 0.490 e. The molecule has 0 unspecified atom stereocenters. The summed E-state index contributed by atoms with van der Waals surface area (Å²) < 4.78 is 66.9. The van der Waals surface area contributed by atoms with E-state index < -0.39 is 33.8 Å². The molecule has 12 nitrogen and oxygen atoms in total. The van der Waals surface area contributed by atoms with Crippen LogP contribution in [0.5, 0.6) is 0 Å². The third-order valence-electron chi connectivity index (χ3n) is 6.38. The molecular weight excluding hydrogens is 570 g/mol. The van der Waals surface area contributed by atoms with Gasteiger partial charge in [-0.2, -0.15) is 18.4 Å². The molecule has 2 aromatic heterocycles. The van der Waals surface area contributed by atoms with E-state index in [0.717, 1.165) is 12.8 Å². The number of fused-ring (bicyclic) bond motifs is 1. The molecule has 2 aliphatic rings. The average Bonchev–Trinajstić information content (AvgIpc) is 3.31. The molecule has 4 N–H and O–H groups in total. The maximum Gasteiger partial charge on any atom is 0.490 e. The molecule has 2 aliphatic heterocycles. The number of pyridine rings is 1. The van der Waals surface area contributed by atoms with Gasteiger partial charge in [-0.25, -0.2) is 28.6 Å². The zero-order chi connectivity index (χ0) is 30.0. The van der Waals surface area contributed by atoms with Crippen LogP contribution in [0.3, 0.4) is 0 Å². The maximum atomic E-state index is 15.1. The smallest absolute Gasteiger partial charge is 0.475 e. The van der Waals surface area contributed by atoms with Crippen molar-refractivity contribution in [2.45, 2.75) is 31.5 Å². The Morgan fingerprint density at radius 3 is 2.63 bits per heavy atom. The van der Waals surface area contributed by atoms with Crippen LogP contribution in [0.25, 0.3) is 17.1 Å². The van der Waals surface area contributed by atoms with Crippen molar-refractivity contribution in [3.63, 3.8) is 0 Å². The molecule has 17 heteroatoms. The number of aliphatic imine (C=N–C) groups is 1. The fraction of sp³-hybridized carbons (Fsp3) is 0.333. The minimum atomic E-state index is -5.08. The second-order valence-corrected chi connectivity index (χ2v) is 11.9. The SMILES string of the molecule is C[C@@]1(c2cc(-c3cn(-c4ccc(C#N)cn4)nn3)ccc2F)C[SH]2(=O)NCCCCN2C(N)=N1.O=C(O)C(F)(F)F. The number of nitrogens with one attached hydrogen (secondary N) is 1. The Kier molecular flexibility index (Phi) is 8.08. The van der Waals surface area contributed by atoms with E-state index in [1.165, 1.54) is 16.9 Å². The molecule has 1 fully saturated rings. The van der Waals surface area contributed by atoms with Crippen LogP contribution < -0.4 is 10.5 Å². The molecule has 218 valence electrons. The number of halogens is 4. The summed E-state index contributed by atoms with van der Waals surface area (Å²) in [5.41, 5.74) is 6.98. The Labute approximate surface area is 232 Å². The van der Waals surface area contributed by atoms with Gasteiger partial charge in [-0.15, -0.1) is 5.10 Å². The van der Waals surface area contributed by atoms with Crippen LogP contribution in [0.4, 0.5) is 17.6 Å². The molecule has 1 saturated heterocycles. The molecule has 1 atom stereocenters. The number of aromatic nitrogens is 4. The van der Waals surface area contributed by atoms with Gasteiger partial charge in [0.05, 0.1) is 17.5 Å². The highest BCUT2D eigenvalue weighted by Crippen LogP contribution is 2.37. The topological polar surface area (TPSA) is 175 Å². The van der Waals surface area contributed by atoms with E-state index in [-0.39, 0.29) is 11.7 Å². The maximum absolute atomic E-state index is 15.1. The summed E-state index contributed by atoms with van der Waals surface area (Å²) in [6.07, 6.45) is -0.218. The number of guanidine groups is 1. The molecule has 1 aromatic carbocycles. The van der Waals surface area contributed by atoms with E-state index in [9.17, 15) is 17.4 Å². The molecule has 0 amide bonds. The van der Waals surface area contributed by atoms with Gasteiger partial charge in [-0.3, -0.25) is 8.51 Å². The van der Waals surface area contributed by atoms with Crippen LogP contribution in [-0.2, 0) is 20.6 Å². The lowest BCUT2D eigenvalue weighted by Gasteiger charge is -2.45. The quantitative estimate of drug-likeness (QED) is 0.263. The van der Waals surface area contributed by atoms with Crippen molar-refractivity contribution in [2.75, 3.05) is 18.8 Å². The van der Waals surface area contributed by atoms with Crippen molar-refractivity contribution in [3.05, 3.63) is 59.7 Å². The lowest BCUT2D eigenvalue weighted by molar-refractivity contribution is -0.192. The number of thiol groups is 1. The standard InChI is InChI=1S/C22H24FN9OS.C2HF3O2/c1-22(14-34(33)27-8-2-3-9-32(34)21(25)28-22)17-10-16(5-6-18(17)23)19-13-31(30-29-19)20-7-4-15(11-24)12-26-20;3-2(4,5)1(6)7/h4-7,10,12-13,34H,2-3,8-9,14H2,1H3,(H2,25,28)(H,27,33);(H,6,7)/t22-;/m0./s1. The summed E-state index contributed by atoms with van der Waals surface area (Å²) in [6.45, 7) is 2.93. The van der Waals surface area contributed by atoms with Gasteiger partial charge >= 0.3 is 12.1 Å². The number of hydrogen-bond acceptors (Lipinski definition) is 8. The summed E-state index contributed by atoms with van der Waals surface area (Å²) in [4.78, 5) is 17.7. The van der Waals surface area contributed by atoms with Crippen molar-refractivity contribution in [3.8, 4) is 23.1 Å². The predicted molar refractivity (Wildman–Crippen MR) is 140 cm³/mol. The van der Waals surface area contributed by atoms with E-state index in [0.29, 0.717) is 41.3 Å². The Balaban J connectivity index is 0.000000493. The Morgan fingerprint density at radius 2 is 2.00 bits per heavy atom. The molecule has 0 spiro atoms. The van der Waals surface area contributed by atoms with E-state index in [4.69, 9.17) is 20.9 Å². The average molecular weight is 596 g/mol. The number of nitrogens with two attached hydrogens (primary N) is 1. The first-order valence-corrected chi connectivity index (χ1v) is 14.0. The molecule has 5 rings (SSSR count). The van der Waals surface area contributed by atoms with Gasteiger partial charge in [-0.05, 0) is 50.1 Å². The Hall–Kier alpha value is -4.43. The van der Waals surface area contributed by atoms with Crippen molar-refractivity contribution >= 4 is 22.2 Å². The molecule has 41 heavy (non-hydrogen) atoms. The molecular formula is C24H25F4N9O3S. The summed E-state index contributed by atoms with van der Waals surface area (Å²) in [6, 6.07) is 9.94. The number of aliphatic carboxylic acids is 1. The van der Waals surface area contributed by atoms with Crippen molar-refractivity contribution < 1.29 is 31.7 Å². The lowest BCUT2D eigenvalue weighted by atomic mass is 9.92. The first kappa shape index (κ1) is 29.6. The number of nitriles is 1. The number of hydrogen-bond donors (Lipinski definition) is 4. The highest BCUT2D eigenvalue weighted by molar-refractivity contribution is 7.99. The van der Waals surface area contributed by atoms with Crippen LogP contribution in [0.1, 0.15) is 30.9 Å². The van der Waals surface area contributed by atoms with Crippen LogP contribution in [-0.4, -0.2) is 70.5 Å². The summed E-state index contributed by atoms with van der Waals surface area (Å²) >= 11 is 0. The van der Waals surface area contributed by atoms with Crippen molar-refractivity contribution in [2.24, 2.45) is 10.7 Å². The second kappa shape index (κ2) is 11.2. The molecule has 3 aromatic rings. The van der Waals surface area contributed by atoms with E-state index in [1.807, 2.05) is 6.07 Å². The number of rotatable bonds is 3. The number of nitrogens with zero attached hydrogens (tertiary/aromatic N) is 7. The first-order chi connectivity index (χ1) is 19.3. The summed E-state index contributed by atoms with van der Waals surface area (Å²) in [7, 11) is -3.06.